The predicted molar refractivity (Wildman–Crippen MR) is 87.6 cm³/mol. The molecule has 0 aliphatic heterocycles. The molecule has 1 unspecified atom stereocenters. The molecule has 0 amide bonds. The number of halogens is 2. The summed E-state index contributed by atoms with van der Waals surface area (Å²) in [6.45, 7) is 8.49. The normalized spacial score (nSPS) is 12.5. The summed E-state index contributed by atoms with van der Waals surface area (Å²) in [5.41, 5.74) is 7.48. The van der Waals surface area contributed by atoms with Gasteiger partial charge in [0.25, 0.3) is 0 Å². The van der Waals surface area contributed by atoms with Crippen LogP contribution in [-0.2, 0) is 0 Å². The summed E-state index contributed by atoms with van der Waals surface area (Å²) in [6.07, 6.45) is 0. The first-order valence-electron chi connectivity index (χ1n) is 6.38. The third-order valence-corrected chi connectivity index (χ3v) is 4.95. The van der Waals surface area contributed by atoms with E-state index in [-0.39, 0.29) is 4.83 Å². The molecule has 0 aliphatic rings. The zero-order valence-corrected chi connectivity index (χ0v) is 14.1. The van der Waals surface area contributed by atoms with E-state index in [9.17, 15) is 0 Å². The molecule has 2 heteroatoms. The average Bonchev–Trinajstić information content (AvgIpc) is 2.31. The second kappa shape index (κ2) is 5.68. The minimum Gasteiger partial charge on any atom is -0.0837 e. The Morgan fingerprint density at radius 3 is 2.11 bits per heavy atom. The summed E-state index contributed by atoms with van der Waals surface area (Å²) in [5.74, 6) is 0. The lowest BCUT2D eigenvalue weighted by Gasteiger charge is -2.19. The van der Waals surface area contributed by atoms with Crippen LogP contribution in [0.1, 0.15) is 38.2 Å². The Labute approximate surface area is 128 Å². The van der Waals surface area contributed by atoms with Crippen molar-refractivity contribution in [3.63, 3.8) is 0 Å². The second-order valence-electron chi connectivity index (χ2n) is 5.15. The van der Waals surface area contributed by atoms with Crippen molar-refractivity contribution >= 4 is 27.5 Å². The summed E-state index contributed by atoms with van der Waals surface area (Å²) >= 11 is 10.3. The molecule has 1 atom stereocenters. The van der Waals surface area contributed by atoms with E-state index in [1.54, 1.807) is 0 Å². The van der Waals surface area contributed by atoms with E-state index in [2.05, 4.69) is 61.0 Å². The van der Waals surface area contributed by atoms with Crippen LogP contribution in [0.3, 0.4) is 0 Å². The van der Waals surface area contributed by atoms with Crippen LogP contribution in [0.4, 0.5) is 0 Å². The van der Waals surface area contributed by atoms with Crippen molar-refractivity contribution in [2.24, 2.45) is 0 Å². The SMILES string of the molecule is Cc1cc(C)c(C(Br)c2cccc(C)c2Cl)c(C)c1. The van der Waals surface area contributed by atoms with E-state index in [0.717, 1.165) is 16.1 Å². The minimum atomic E-state index is 0.139. The van der Waals surface area contributed by atoms with Crippen molar-refractivity contribution in [1.29, 1.82) is 0 Å². The molecule has 19 heavy (non-hydrogen) atoms. The lowest BCUT2D eigenvalue weighted by atomic mass is 9.93. The summed E-state index contributed by atoms with van der Waals surface area (Å²) in [5, 5.41) is 0.851. The van der Waals surface area contributed by atoms with E-state index in [4.69, 9.17) is 11.6 Å². The molecular formula is C17H18BrCl. The third-order valence-electron chi connectivity index (χ3n) is 3.49. The van der Waals surface area contributed by atoms with Gasteiger partial charge in [0.05, 0.1) is 4.83 Å². The van der Waals surface area contributed by atoms with Crippen LogP contribution in [0.2, 0.25) is 5.02 Å². The van der Waals surface area contributed by atoms with Crippen molar-refractivity contribution in [3.8, 4) is 0 Å². The molecule has 0 nitrogen and oxygen atoms in total. The molecule has 2 aromatic carbocycles. The maximum Gasteiger partial charge on any atom is 0.0664 e. The molecule has 0 heterocycles. The summed E-state index contributed by atoms with van der Waals surface area (Å²) < 4.78 is 0. The van der Waals surface area contributed by atoms with Crippen LogP contribution in [0.15, 0.2) is 30.3 Å². The van der Waals surface area contributed by atoms with Gasteiger partial charge < -0.3 is 0 Å². The predicted octanol–water partition coefficient (Wildman–Crippen LogP) is 6.06. The smallest absolute Gasteiger partial charge is 0.0664 e. The second-order valence-corrected chi connectivity index (χ2v) is 6.45. The Bertz CT molecular complexity index is 594. The molecule has 2 rings (SSSR count). The number of alkyl halides is 1. The zero-order valence-electron chi connectivity index (χ0n) is 11.7. The highest BCUT2D eigenvalue weighted by Crippen LogP contribution is 2.39. The molecule has 0 N–H and O–H groups in total. The van der Waals surface area contributed by atoms with Gasteiger partial charge in [-0.1, -0.05) is 63.4 Å². The van der Waals surface area contributed by atoms with Gasteiger partial charge in [-0.2, -0.15) is 0 Å². The molecule has 100 valence electrons. The van der Waals surface area contributed by atoms with Crippen LogP contribution in [0, 0.1) is 27.7 Å². The highest BCUT2D eigenvalue weighted by molar-refractivity contribution is 9.09. The number of rotatable bonds is 2. The van der Waals surface area contributed by atoms with Gasteiger partial charge in [0.2, 0.25) is 0 Å². The number of aryl methyl sites for hydroxylation is 4. The van der Waals surface area contributed by atoms with Gasteiger partial charge in [0, 0.05) is 5.02 Å². The van der Waals surface area contributed by atoms with Gasteiger partial charge in [0.15, 0.2) is 0 Å². The Balaban J connectivity index is 2.56. The summed E-state index contributed by atoms with van der Waals surface area (Å²) in [4.78, 5) is 0.139. The minimum absolute atomic E-state index is 0.139. The largest absolute Gasteiger partial charge is 0.0837 e. The van der Waals surface area contributed by atoms with Crippen LogP contribution in [0.5, 0.6) is 0 Å². The van der Waals surface area contributed by atoms with E-state index in [1.807, 2.05) is 13.0 Å². The molecule has 0 radical (unpaired) electrons. The highest BCUT2D eigenvalue weighted by atomic mass is 79.9. The standard InChI is InChI=1S/C17H18BrCl/c1-10-8-12(3)15(13(4)9-10)16(18)14-7-5-6-11(2)17(14)19/h5-9,16H,1-4H3. The van der Waals surface area contributed by atoms with Crippen LogP contribution in [0.25, 0.3) is 0 Å². The molecule has 0 saturated carbocycles. The van der Waals surface area contributed by atoms with Crippen molar-refractivity contribution in [1.82, 2.24) is 0 Å². The van der Waals surface area contributed by atoms with Gasteiger partial charge in [-0.25, -0.2) is 0 Å². The van der Waals surface area contributed by atoms with Gasteiger partial charge >= 0.3 is 0 Å². The summed E-state index contributed by atoms with van der Waals surface area (Å²) in [7, 11) is 0. The van der Waals surface area contributed by atoms with Gasteiger partial charge in [-0.05, 0) is 55.5 Å². The van der Waals surface area contributed by atoms with E-state index < -0.39 is 0 Å². The fraction of sp³-hybridized carbons (Fsp3) is 0.294. The maximum absolute atomic E-state index is 6.44. The molecule has 0 aliphatic carbocycles. The highest BCUT2D eigenvalue weighted by Gasteiger charge is 2.18. The van der Waals surface area contributed by atoms with Crippen molar-refractivity contribution < 1.29 is 0 Å². The lowest BCUT2D eigenvalue weighted by Crippen LogP contribution is -2.01. The monoisotopic (exact) mass is 336 g/mol. The molecule has 0 aromatic heterocycles. The Morgan fingerprint density at radius 2 is 1.53 bits per heavy atom. The summed E-state index contributed by atoms with van der Waals surface area (Å²) in [6, 6.07) is 10.6. The number of hydrogen-bond acceptors (Lipinski definition) is 0. The van der Waals surface area contributed by atoms with Gasteiger partial charge in [-0.3, -0.25) is 0 Å². The third kappa shape index (κ3) is 2.88. The lowest BCUT2D eigenvalue weighted by molar-refractivity contribution is 1.10. The first-order chi connectivity index (χ1) is 8.91. The van der Waals surface area contributed by atoms with Crippen LogP contribution >= 0.6 is 27.5 Å². The van der Waals surface area contributed by atoms with Crippen LogP contribution < -0.4 is 0 Å². The van der Waals surface area contributed by atoms with E-state index in [1.165, 1.54) is 22.3 Å². The number of benzene rings is 2. The molecule has 0 saturated heterocycles. The average molecular weight is 338 g/mol. The van der Waals surface area contributed by atoms with Crippen LogP contribution in [-0.4, -0.2) is 0 Å². The Hall–Kier alpha value is -0.790. The maximum atomic E-state index is 6.44. The van der Waals surface area contributed by atoms with E-state index >= 15 is 0 Å². The molecule has 2 aromatic rings. The van der Waals surface area contributed by atoms with E-state index in [0.29, 0.717) is 0 Å². The quantitative estimate of drug-likeness (QED) is 0.584. The first kappa shape index (κ1) is 14.6. The number of hydrogen-bond donors (Lipinski definition) is 0. The molecule has 0 bridgehead atoms. The molecule has 0 spiro atoms. The fourth-order valence-corrected chi connectivity index (χ4v) is 4.08. The van der Waals surface area contributed by atoms with Gasteiger partial charge in [-0.15, -0.1) is 0 Å². The topological polar surface area (TPSA) is 0 Å². The van der Waals surface area contributed by atoms with Crippen molar-refractivity contribution in [3.05, 3.63) is 68.7 Å². The molecular weight excluding hydrogens is 320 g/mol. The van der Waals surface area contributed by atoms with Crippen molar-refractivity contribution in [2.45, 2.75) is 32.5 Å². The van der Waals surface area contributed by atoms with Crippen molar-refractivity contribution in [2.75, 3.05) is 0 Å². The Morgan fingerprint density at radius 1 is 0.947 bits per heavy atom. The Kier molecular flexibility index (Phi) is 4.37. The van der Waals surface area contributed by atoms with Gasteiger partial charge in [0.1, 0.15) is 0 Å². The zero-order chi connectivity index (χ0) is 14.2. The molecule has 0 fully saturated rings. The fourth-order valence-electron chi connectivity index (χ4n) is 2.61. The first-order valence-corrected chi connectivity index (χ1v) is 7.68.